The van der Waals surface area contributed by atoms with E-state index >= 15 is 0 Å². The second-order valence-electron chi connectivity index (χ2n) is 4.08. The molecule has 0 spiro atoms. The Hall–Kier alpha value is -1.02. The molecule has 1 N–H and O–H groups in total. The van der Waals surface area contributed by atoms with Crippen LogP contribution in [-0.2, 0) is 0 Å². The Labute approximate surface area is 98.3 Å². The van der Waals surface area contributed by atoms with Gasteiger partial charge in [-0.3, -0.25) is 0 Å². The molecule has 0 aliphatic rings. The molecule has 1 aromatic rings. The van der Waals surface area contributed by atoms with Crippen molar-refractivity contribution in [2.45, 2.75) is 45.6 Å². The van der Waals surface area contributed by atoms with Gasteiger partial charge in [0.25, 0.3) is 0 Å². The van der Waals surface area contributed by atoms with Crippen LogP contribution in [0.1, 0.15) is 51.2 Å². The van der Waals surface area contributed by atoms with E-state index in [4.69, 9.17) is 4.74 Å². The summed E-state index contributed by atoms with van der Waals surface area (Å²) in [5, 5.41) is 9.88. The van der Waals surface area contributed by atoms with Gasteiger partial charge in [-0.05, 0) is 30.5 Å². The van der Waals surface area contributed by atoms with E-state index < -0.39 is 0 Å². The Morgan fingerprint density at radius 1 is 1.12 bits per heavy atom. The fraction of sp³-hybridized carbons (Fsp3) is 0.571. The van der Waals surface area contributed by atoms with Gasteiger partial charge in [-0.25, -0.2) is 0 Å². The van der Waals surface area contributed by atoms with Crippen molar-refractivity contribution in [1.29, 1.82) is 0 Å². The molecule has 0 saturated carbocycles. The molecule has 0 heterocycles. The molecule has 0 fully saturated rings. The predicted octanol–water partition coefficient (Wildman–Crippen LogP) is 3.70. The molecule has 1 aromatic carbocycles. The number of aliphatic hydroxyl groups excluding tert-OH is 1. The third-order valence-corrected chi connectivity index (χ3v) is 2.57. The predicted molar refractivity (Wildman–Crippen MR) is 66.7 cm³/mol. The maximum absolute atomic E-state index is 9.88. The van der Waals surface area contributed by atoms with Gasteiger partial charge < -0.3 is 9.84 Å². The van der Waals surface area contributed by atoms with Crippen LogP contribution in [0.3, 0.4) is 0 Å². The molecule has 0 aromatic heterocycles. The molecule has 0 radical (unpaired) electrons. The van der Waals surface area contributed by atoms with Crippen molar-refractivity contribution in [3.05, 3.63) is 29.8 Å². The highest BCUT2D eigenvalue weighted by Crippen LogP contribution is 2.21. The fourth-order valence-corrected chi connectivity index (χ4v) is 1.57. The maximum atomic E-state index is 9.88. The van der Waals surface area contributed by atoms with Crippen LogP contribution < -0.4 is 4.74 Å². The standard InChI is InChI=1S/C14H22O2/c1-3-5-6-14(15)12-7-9-13(10-8-12)16-11-4-2/h7-10,14-15H,3-6,11H2,1-2H3. The molecule has 90 valence electrons. The quantitative estimate of drug-likeness (QED) is 0.762. The van der Waals surface area contributed by atoms with Gasteiger partial charge in [0.1, 0.15) is 5.75 Å². The Morgan fingerprint density at radius 3 is 2.38 bits per heavy atom. The third-order valence-electron chi connectivity index (χ3n) is 2.57. The van der Waals surface area contributed by atoms with Gasteiger partial charge in [0.15, 0.2) is 0 Å². The second-order valence-corrected chi connectivity index (χ2v) is 4.08. The molecule has 2 heteroatoms. The molecule has 0 amide bonds. The SMILES string of the molecule is CCCCC(O)c1ccc(OCCC)cc1. The van der Waals surface area contributed by atoms with Crippen molar-refractivity contribution in [3.8, 4) is 5.75 Å². The minimum absolute atomic E-state index is 0.333. The van der Waals surface area contributed by atoms with Crippen molar-refractivity contribution in [1.82, 2.24) is 0 Å². The Balaban J connectivity index is 2.49. The lowest BCUT2D eigenvalue weighted by Gasteiger charge is -2.11. The first kappa shape index (κ1) is 13.0. The van der Waals surface area contributed by atoms with Crippen LogP contribution in [0.4, 0.5) is 0 Å². The molecule has 16 heavy (non-hydrogen) atoms. The first-order valence-electron chi connectivity index (χ1n) is 6.18. The van der Waals surface area contributed by atoms with E-state index in [0.717, 1.165) is 43.6 Å². The van der Waals surface area contributed by atoms with Crippen LogP contribution in [0.15, 0.2) is 24.3 Å². The summed E-state index contributed by atoms with van der Waals surface area (Å²) in [5.41, 5.74) is 0.984. The summed E-state index contributed by atoms with van der Waals surface area (Å²) in [5.74, 6) is 0.883. The van der Waals surface area contributed by atoms with E-state index in [2.05, 4.69) is 13.8 Å². The van der Waals surface area contributed by atoms with Crippen LogP contribution in [0.25, 0.3) is 0 Å². The summed E-state index contributed by atoms with van der Waals surface area (Å²) >= 11 is 0. The third kappa shape index (κ3) is 4.23. The first-order valence-corrected chi connectivity index (χ1v) is 6.18. The van der Waals surface area contributed by atoms with Crippen molar-refractivity contribution in [3.63, 3.8) is 0 Å². The van der Waals surface area contributed by atoms with E-state index in [-0.39, 0.29) is 6.10 Å². The van der Waals surface area contributed by atoms with Crippen LogP contribution >= 0.6 is 0 Å². The fourth-order valence-electron chi connectivity index (χ4n) is 1.57. The van der Waals surface area contributed by atoms with Crippen LogP contribution in [0.5, 0.6) is 5.75 Å². The molecule has 0 bridgehead atoms. The summed E-state index contributed by atoms with van der Waals surface area (Å²) in [6.45, 7) is 4.97. The summed E-state index contributed by atoms with van der Waals surface area (Å²) < 4.78 is 5.49. The number of rotatable bonds is 7. The molecular formula is C14H22O2. The van der Waals surface area contributed by atoms with Gasteiger partial charge in [0.2, 0.25) is 0 Å². The monoisotopic (exact) mass is 222 g/mol. The van der Waals surface area contributed by atoms with E-state index in [1.165, 1.54) is 0 Å². The largest absolute Gasteiger partial charge is 0.494 e. The average Bonchev–Trinajstić information content (AvgIpc) is 2.34. The number of hydrogen-bond acceptors (Lipinski definition) is 2. The van der Waals surface area contributed by atoms with Gasteiger partial charge in [-0.15, -0.1) is 0 Å². The van der Waals surface area contributed by atoms with Gasteiger partial charge in [-0.2, -0.15) is 0 Å². The highest BCUT2D eigenvalue weighted by molar-refractivity contribution is 5.28. The topological polar surface area (TPSA) is 29.5 Å². The summed E-state index contributed by atoms with van der Waals surface area (Å²) in [4.78, 5) is 0. The van der Waals surface area contributed by atoms with Gasteiger partial charge in [-0.1, -0.05) is 38.8 Å². The van der Waals surface area contributed by atoms with Crippen molar-refractivity contribution in [2.75, 3.05) is 6.61 Å². The van der Waals surface area contributed by atoms with Crippen LogP contribution in [0.2, 0.25) is 0 Å². The molecular weight excluding hydrogens is 200 g/mol. The molecule has 2 nitrogen and oxygen atoms in total. The lowest BCUT2D eigenvalue weighted by atomic mass is 10.0. The van der Waals surface area contributed by atoms with E-state index in [0.29, 0.717) is 0 Å². The van der Waals surface area contributed by atoms with Crippen molar-refractivity contribution >= 4 is 0 Å². The highest BCUT2D eigenvalue weighted by Gasteiger charge is 2.06. The first-order chi connectivity index (χ1) is 7.77. The Kier molecular flexibility index (Phi) is 5.94. The second kappa shape index (κ2) is 7.29. The molecule has 0 aliphatic heterocycles. The number of benzene rings is 1. The number of hydrogen-bond donors (Lipinski definition) is 1. The zero-order chi connectivity index (χ0) is 11.8. The van der Waals surface area contributed by atoms with Gasteiger partial charge >= 0.3 is 0 Å². The molecule has 0 aliphatic carbocycles. The normalized spacial score (nSPS) is 12.4. The Morgan fingerprint density at radius 2 is 1.81 bits per heavy atom. The van der Waals surface area contributed by atoms with Gasteiger partial charge in [0, 0.05) is 0 Å². The van der Waals surface area contributed by atoms with Crippen LogP contribution in [0, 0.1) is 0 Å². The van der Waals surface area contributed by atoms with Crippen LogP contribution in [-0.4, -0.2) is 11.7 Å². The summed E-state index contributed by atoms with van der Waals surface area (Å²) in [6.07, 6.45) is 3.71. The van der Waals surface area contributed by atoms with E-state index in [1.807, 2.05) is 24.3 Å². The van der Waals surface area contributed by atoms with E-state index in [1.54, 1.807) is 0 Å². The van der Waals surface area contributed by atoms with Gasteiger partial charge in [0.05, 0.1) is 12.7 Å². The number of aliphatic hydroxyl groups is 1. The smallest absolute Gasteiger partial charge is 0.119 e. The lowest BCUT2D eigenvalue weighted by molar-refractivity contribution is 0.164. The average molecular weight is 222 g/mol. The minimum Gasteiger partial charge on any atom is -0.494 e. The summed E-state index contributed by atoms with van der Waals surface area (Å²) in [6, 6.07) is 7.76. The highest BCUT2D eigenvalue weighted by atomic mass is 16.5. The molecule has 1 rings (SSSR count). The summed E-state index contributed by atoms with van der Waals surface area (Å²) in [7, 11) is 0. The molecule has 1 unspecified atom stereocenters. The zero-order valence-electron chi connectivity index (χ0n) is 10.3. The van der Waals surface area contributed by atoms with E-state index in [9.17, 15) is 5.11 Å². The zero-order valence-corrected chi connectivity index (χ0v) is 10.3. The van der Waals surface area contributed by atoms with Crippen molar-refractivity contribution < 1.29 is 9.84 Å². The molecule has 0 saturated heterocycles. The van der Waals surface area contributed by atoms with Crippen molar-refractivity contribution in [2.24, 2.45) is 0 Å². The Bertz CT molecular complexity index is 279. The lowest BCUT2D eigenvalue weighted by Crippen LogP contribution is -1.98. The maximum Gasteiger partial charge on any atom is 0.119 e. The number of ether oxygens (including phenoxy) is 1. The molecule has 1 atom stereocenters. The number of unbranched alkanes of at least 4 members (excludes halogenated alkanes) is 1. The minimum atomic E-state index is -0.333.